The normalized spacial score (nSPS) is 15.5. The number of thioether (sulfide) groups is 1. The molecule has 1 N–H and O–H groups in total. The van der Waals surface area contributed by atoms with E-state index in [1.807, 2.05) is 6.26 Å². The summed E-state index contributed by atoms with van der Waals surface area (Å²) in [4.78, 5) is 14.0. The van der Waals surface area contributed by atoms with Crippen molar-refractivity contribution < 1.29 is 0 Å². The first-order valence-electron chi connectivity index (χ1n) is 8.40. The minimum atomic E-state index is 0.805. The molecule has 24 heavy (non-hydrogen) atoms. The average molecular weight is 344 g/mol. The van der Waals surface area contributed by atoms with Gasteiger partial charge in [-0.1, -0.05) is 30.8 Å². The molecule has 1 aliphatic rings. The molecule has 0 spiro atoms. The molecule has 6 heteroatoms. The van der Waals surface area contributed by atoms with Crippen LogP contribution in [0.4, 0.5) is 17.3 Å². The fourth-order valence-corrected chi connectivity index (χ4v) is 3.11. The smallest absolute Gasteiger partial charge is 0.191 e. The number of rotatable bonds is 5. The van der Waals surface area contributed by atoms with Crippen molar-refractivity contribution in [2.24, 2.45) is 0 Å². The maximum atomic E-state index is 4.69. The number of aromatic nitrogens is 2. The number of hydrogen-bond acceptors (Lipinski definition) is 6. The van der Waals surface area contributed by atoms with Crippen LogP contribution in [0.1, 0.15) is 12.5 Å². The first-order valence-corrected chi connectivity index (χ1v) is 9.63. The van der Waals surface area contributed by atoms with Gasteiger partial charge in [-0.3, -0.25) is 0 Å². The molecule has 1 aromatic heterocycles. The van der Waals surface area contributed by atoms with Crippen LogP contribution < -0.4 is 10.2 Å². The molecule has 0 radical (unpaired) electrons. The summed E-state index contributed by atoms with van der Waals surface area (Å²) in [6.07, 6.45) is 3.07. The standard InChI is InChI=1S/C18H25N5S/c1-4-14-5-7-15(8-6-14)19-16-13-17(21-18(20-16)24-3)23-11-9-22(2)10-12-23/h5-8,13H,4,9-12H2,1-3H3,(H,19,20,21). The summed E-state index contributed by atoms with van der Waals surface area (Å²) in [5, 5.41) is 4.22. The van der Waals surface area contributed by atoms with E-state index in [1.54, 1.807) is 11.8 Å². The van der Waals surface area contributed by atoms with Gasteiger partial charge >= 0.3 is 0 Å². The molecule has 0 unspecified atom stereocenters. The number of hydrogen-bond donors (Lipinski definition) is 1. The Kier molecular flexibility index (Phi) is 5.58. The lowest BCUT2D eigenvalue weighted by molar-refractivity contribution is 0.312. The molecule has 0 aliphatic carbocycles. The third-order valence-electron chi connectivity index (χ3n) is 4.34. The molecule has 3 rings (SSSR count). The number of nitrogens with one attached hydrogen (secondary N) is 1. The second kappa shape index (κ2) is 7.85. The zero-order chi connectivity index (χ0) is 16.9. The molecular weight excluding hydrogens is 318 g/mol. The monoisotopic (exact) mass is 343 g/mol. The Balaban J connectivity index is 1.80. The molecule has 5 nitrogen and oxygen atoms in total. The Labute approximate surface area is 148 Å². The van der Waals surface area contributed by atoms with Gasteiger partial charge in [0.05, 0.1) is 0 Å². The van der Waals surface area contributed by atoms with Crippen LogP contribution in [-0.4, -0.2) is 54.4 Å². The molecule has 1 fully saturated rings. The molecule has 2 heterocycles. The van der Waals surface area contributed by atoms with Gasteiger partial charge in [-0.05, 0) is 37.4 Å². The summed E-state index contributed by atoms with van der Waals surface area (Å²) >= 11 is 1.58. The minimum absolute atomic E-state index is 0.805. The summed E-state index contributed by atoms with van der Waals surface area (Å²) in [6, 6.07) is 10.6. The van der Waals surface area contributed by atoms with Crippen molar-refractivity contribution in [2.45, 2.75) is 18.5 Å². The lowest BCUT2D eigenvalue weighted by atomic mass is 10.1. The van der Waals surface area contributed by atoms with Crippen molar-refractivity contribution in [1.29, 1.82) is 0 Å². The van der Waals surface area contributed by atoms with Crippen molar-refractivity contribution in [3.8, 4) is 0 Å². The largest absolute Gasteiger partial charge is 0.354 e. The van der Waals surface area contributed by atoms with Gasteiger partial charge in [0, 0.05) is 37.9 Å². The number of likely N-dealkylation sites (N-methyl/N-ethyl adjacent to an activating group) is 1. The van der Waals surface area contributed by atoms with Crippen LogP contribution in [0.15, 0.2) is 35.5 Å². The molecular formula is C18H25N5S. The fraction of sp³-hybridized carbons (Fsp3) is 0.444. The van der Waals surface area contributed by atoms with Gasteiger partial charge in [-0.2, -0.15) is 0 Å². The third-order valence-corrected chi connectivity index (χ3v) is 4.88. The molecule has 0 bridgehead atoms. The van der Waals surface area contributed by atoms with E-state index in [0.29, 0.717) is 0 Å². The van der Waals surface area contributed by atoms with Gasteiger partial charge in [0.1, 0.15) is 11.6 Å². The molecule has 1 aliphatic heterocycles. The highest BCUT2D eigenvalue weighted by atomic mass is 32.2. The van der Waals surface area contributed by atoms with Gasteiger partial charge < -0.3 is 15.1 Å². The maximum absolute atomic E-state index is 4.69. The van der Waals surface area contributed by atoms with E-state index in [9.17, 15) is 0 Å². The Bertz CT molecular complexity index is 666. The van der Waals surface area contributed by atoms with E-state index in [4.69, 9.17) is 0 Å². The van der Waals surface area contributed by atoms with Crippen LogP contribution in [0, 0.1) is 0 Å². The van der Waals surface area contributed by atoms with E-state index >= 15 is 0 Å². The molecule has 0 atom stereocenters. The molecule has 2 aromatic rings. The first-order chi connectivity index (χ1) is 11.7. The summed E-state index contributed by atoms with van der Waals surface area (Å²) in [5.41, 5.74) is 2.40. The van der Waals surface area contributed by atoms with Gasteiger partial charge in [0.15, 0.2) is 5.16 Å². The van der Waals surface area contributed by atoms with Crippen molar-refractivity contribution >= 4 is 29.1 Å². The molecule has 128 valence electrons. The van der Waals surface area contributed by atoms with Crippen LogP contribution in [0.25, 0.3) is 0 Å². The minimum Gasteiger partial charge on any atom is -0.354 e. The second-order valence-electron chi connectivity index (χ2n) is 6.06. The predicted octanol–water partition coefficient (Wildman–Crippen LogP) is 3.26. The summed E-state index contributed by atoms with van der Waals surface area (Å²) < 4.78 is 0. The maximum Gasteiger partial charge on any atom is 0.191 e. The SMILES string of the molecule is CCc1ccc(Nc2cc(N3CCN(C)CC3)nc(SC)n2)cc1. The van der Waals surface area contributed by atoms with Crippen LogP contribution >= 0.6 is 11.8 Å². The Morgan fingerprint density at radius 3 is 2.42 bits per heavy atom. The van der Waals surface area contributed by atoms with Crippen LogP contribution in [-0.2, 0) is 6.42 Å². The van der Waals surface area contributed by atoms with E-state index in [2.05, 4.69) is 69.4 Å². The topological polar surface area (TPSA) is 44.3 Å². The molecule has 0 saturated carbocycles. The van der Waals surface area contributed by atoms with Crippen LogP contribution in [0.5, 0.6) is 0 Å². The van der Waals surface area contributed by atoms with E-state index in [-0.39, 0.29) is 0 Å². The highest BCUT2D eigenvalue weighted by Crippen LogP contribution is 2.24. The number of anilines is 3. The van der Waals surface area contributed by atoms with Crippen molar-refractivity contribution in [3.05, 3.63) is 35.9 Å². The summed E-state index contributed by atoms with van der Waals surface area (Å²) in [6.45, 7) is 6.32. The number of aryl methyl sites for hydroxylation is 1. The van der Waals surface area contributed by atoms with Crippen molar-refractivity contribution in [1.82, 2.24) is 14.9 Å². The highest BCUT2D eigenvalue weighted by molar-refractivity contribution is 7.98. The molecule has 0 amide bonds. The number of nitrogens with zero attached hydrogens (tertiary/aromatic N) is 4. The van der Waals surface area contributed by atoms with E-state index in [0.717, 1.165) is 55.1 Å². The molecule has 1 saturated heterocycles. The lowest BCUT2D eigenvalue weighted by Gasteiger charge is -2.33. The first kappa shape index (κ1) is 17.0. The van der Waals surface area contributed by atoms with Gasteiger partial charge in [0.2, 0.25) is 0 Å². The predicted molar refractivity (Wildman–Crippen MR) is 103 cm³/mol. The van der Waals surface area contributed by atoms with Crippen molar-refractivity contribution in [2.75, 3.05) is 49.7 Å². The van der Waals surface area contributed by atoms with Crippen LogP contribution in [0.2, 0.25) is 0 Å². The Morgan fingerprint density at radius 2 is 1.79 bits per heavy atom. The second-order valence-corrected chi connectivity index (χ2v) is 6.84. The van der Waals surface area contributed by atoms with Gasteiger partial charge in [0.25, 0.3) is 0 Å². The fourth-order valence-electron chi connectivity index (χ4n) is 2.74. The quantitative estimate of drug-likeness (QED) is 0.664. The summed E-state index contributed by atoms with van der Waals surface area (Å²) in [7, 11) is 2.16. The summed E-state index contributed by atoms with van der Waals surface area (Å²) in [5.74, 6) is 1.86. The van der Waals surface area contributed by atoms with E-state index in [1.165, 1.54) is 5.56 Å². The lowest BCUT2D eigenvalue weighted by Crippen LogP contribution is -2.44. The Hall–Kier alpha value is -1.79. The van der Waals surface area contributed by atoms with Crippen molar-refractivity contribution in [3.63, 3.8) is 0 Å². The highest BCUT2D eigenvalue weighted by Gasteiger charge is 2.17. The van der Waals surface area contributed by atoms with Crippen LogP contribution in [0.3, 0.4) is 0 Å². The number of piperazine rings is 1. The zero-order valence-electron chi connectivity index (χ0n) is 14.6. The third kappa shape index (κ3) is 4.19. The number of benzene rings is 1. The molecule has 1 aromatic carbocycles. The van der Waals surface area contributed by atoms with Gasteiger partial charge in [-0.25, -0.2) is 9.97 Å². The Morgan fingerprint density at radius 1 is 1.08 bits per heavy atom. The zero-order valence-corrected chi connectivity index (χ0v) is 15.4. The van der Waals surface area contributed by atoms with E-state index < -0.39 is 0 Å². The van der Waals surface area contributed by atoms with Gasteiger partial charge in [-0.15, -0.1) is 0 Å². The average Bonchev–Trinajstić information content (AvgIpc) is 2.62.